The molecule has 0 aromatic rings. The average Bonchev–Trinajstić information content (AvgIpc) is 2.35. The van der Waals surface area contributed by atoms with E-state index in [1.54, 1.807) is 0 Å². The van der Waals surface area contributed by atoms with Gasteiger partial charge in [0.2, 0.25) is 0 Å². The van der Waals surface area contributed by atoms with Crippen molar-refractivity contribution in [1.29, 1.82) is 0 Å². The van der Waals surface area contributed by atoms with Crippen LogP contribution in [0.3, 0.4) is 0 Å². The van der Waals surface area contributed by atoms with Gasteiger partial charge in [-0.05, 0) is 19.3 Å². The maximum Gasteiger partial charge on any atom is 0.350 e. The fraction of sp³-hybridized carbons (Fsp3) is 0.818. The quantitative estimate of drug-likeness (QED) is 0.520. The van der Waals surface area contributed by atoms with Crippen LogP contribution in [0, 0.1) is 5.92 Å². The third kappa shape index (κ3) is 2.58. The topological polar surface area (TPSA) is 93.1 Å². The van der Waals surface area contributed by atoms with Crippen LogP contribution in [0.2, 0.25) is 0 Å². The molecule has 6 nitrogen and oxygen atoms in total. The summed E-state index contributed by atoms with van der Waals surface area (Å²) in [5.41, 5.74) is -2.31. The second-order valence-corrected chi connectivity index (χ2v) is 4.27. The molecular formula is C11H18O6. The van der Waals surface area contributed by atoms with E-state index in [2.05, 4.69) is 9.47 Å². The minimum Gasteiger partial charge on any atom is -0.466 e. The first-order valence-electron chi connectivity index (χ1n) is 5.54. The molecule has 0 heterocycles. The number of rotatable bonds is 3. The lowest BCUT2D eigenvalue weighted by molar-refractivity contribution is -0.190. The Bertz CT molecular complexity index is 284. The monoisotopic (exact) mass is 246 g/mol. The van der Waals surface area contributed by atoms with E-state index in [0.717, 1.165) is 14.2 Å². The van der Waals surface area contributed by atoms with Crippen LogP contribution in [-0.2, 0) is 19.1 Å². The third-order valence-electron chi connectivity index (χ3n) is 3.23. The van der Waals surface area contributed by atoms with E-state index in [0.29, 0.717) is 19.3 Å². The highest BCUT2D eigenvalue weighted by molar-refractivity contribution is 6.03. The molecule has 0 spiro atoms. The molecule has 2 atom stereocenters. The van der Waals surface area contributed by atoms with Gasteiger partial charge in [0.25, 0.3) is 5.60 Å². The molecule has 98 valence electrons. The zero-order valence-corrected chi connectivity index (χ0v) is 10.0. The summed E-state index contributed by atoms with van der Waals surface area (Å²) in [6.07, 6.45) is 1.28. The van der Waals surface area contributed by atoms with Crippen molar-refractivity contribution in [2.45, 2.75) is 37.4 Å². The molecule has 0 bridgehead atoms. The molecule has 17 heavy (non-hydrogen) atoms. The zero-order valence-electron chi connectivity index (χ0n) is 10.0. The first-order chi connectivity index (χ1) is 7.96. The van der Waals surface area contributed by atoms with E-state index in [-0.39, 0.29) is 6.42 Å². The van der Waals surface area contributed by atoms with Gasteiger partial charge in [-0.15, -0.1) is 0 Å². The van der Waals surface area contributed by atoms with Crippen LogP contribution in [0.4, 0.5) is 0 Å². The molecule has 0 aromatic carbocycles. The number of hydrogen-bond donors (Lipinski definition) is 2. The summed E-state index contributed by atoms with van der Waals surface area (Å²) in [4.78, 5) is 23.2. The molecule has 1 fully saturated rings. The Kier molecular flexibility index (Phi) is 4.47. The lowest BCUT2D eigenvalue weighted by Crippen LogP contribution is -2.55. The van der Waals surface area contributed by atoms with Crippen molar-refractivity contribution in [3.63, 3.8) is 0 Å². The summed E-state index contributed by atoms with van der Waals surface area (Å²) in [5.74, 6) is -2.75. The summed E-state index contributed by atoms with van der Waals surface area (Å²) >= 11 is 0. The Labute approximate surface area is 99.5 Å². The van der Waals surface area contributed by atoms with Crippen molar-refractivity contribution in [3.05, 3.63) is 0 Å². The first kappa shape index (κ1) is 13.9. The van der Waals surface area contributed by atoms with Gasteiger partial charge in [0.1, 0.15) is 0 Å². The summed E-state index contributed by atoms with van der Waals surface area (Å²) in [6, 6.07) is 0. The van der Waals surface area contributed by atoms with E-state index in [4.69, 9.17) is 0 Å². The lowest BCUT2D eigenvalue weighted by atomic mass is 9.75. The molecule has 6 heteroatoms. The van der Waals surface area contributed by atoms with Crippen LogP contribution in [0.1, 0.15) is 25.7 Å². The Hall–Kier alpha value is -1.14. The van der Waals surface area contributed by atoms with Gasteiger partial charge in [0, 0.05) is 5.92 Å². The predicted octanol–water partition coefficient (Wildman–Crippen LogP) is -0.385. The molecular weight excluding hydrogens is 228 g/mol. The van der Waals surface area contributed by atoms with Gasteiger partial charge >= 0.3 is 11.9 Å². The highest BCUT2D eigenvalue weighted by atomic mass is 16.6. The van der Waals surface area contributed by atoms with Gasteiger partial charge in [-0.3, -0.25) is 0 Å². The number of aliphatic hydroxyl groups excluding tert-OH is 1. The maximum atomic E-state index is 11.6. The lowest BCUT2D eigenvalue weighted by Gasteiger charge is -2.35. The van der Waals surface area contributed by atoms with Gasteiger partial charge in [-0.25, -0.2) is 9.59 Å². The van der Waals surface area contributed by atoms with Crippen molar-refractivity contribution in [3.8, 4) is 0 Å². The van der Waals surface area contributed by atoms with E-state index >= 15 is 0 Å². The molecule has 0 aliphatic heterocycles. The predicted molar refractivity (Wildman–Crippen MR) is 56.9 cm³/mol. The number of esters is 2. The second kappa shape index (κ2) is 5.46. The summed E-state index contributed by atoms with van der Waals surface area (Å²) in [7, 11) is 2.19. The molecule has 1 rings (SSSR count). The van der Waals surface area contributed by atoms with Crippen molar-refractivity contribution in [2.75, 3.05) is 14.2 Å². The standard InChI is InChI=1S/C11H18O6/c1-16-9(13)11(15,10(14)17-2)7-4-3-5-8(12)6-7/h7-8,12,15H,3-6H2,1-2H3/t7-,8-/m0/s1. The van der Waals surface area contributed by atoms with E-state index < -0.39 is 29.6 Å². The fourth-order valence-corrected chi connectivity index (χ4v) is 2.27. The number of hydrogen-bond acceptors (Lipinski definition) is 6. The highest BCUT2D eigenvalue weighted by Gasteiger charge is 2.54. The van der Waals surface area contributed by atoms with Crippen molar-refractivity contribution in [1.82, 2.24) is 0 Å². The van der Waals surface area contributed by atoms with Gasteiger partial charge < -0.3 is 19.7 Å². The molecule has 1 saturated carbocycles. The summed E-state index contributed by atoms with van der Waals surface area (Å²) in [6.45, 7) is 0. The Balaban J connectivity index is 2.96. The molecule has 0 radical (unpaired) electrons. The Morgan fingerprint density at radius 1 is 1.18 bits per heavy atom. The smallest absolute Gasteiger partial charge is 0.350 e. The van der Waals surface area contributed by atoms with E-state index in [1.165, 1.54) is 0 Å². The van der Waals surface area contributed by atoms with Crippen LogP contribution in [0.25, 0.3) is 0 Å². The van der Waals surface area contributed by atoms with E-state index in [1.807, 2.05) is 0 Å². The Morgan fingerprint density at radius 3 is 2.12 bits per heavy atom. The maximum absolute atomic E-state index is 11.6. The zero-order chi connectivity index (χ0) is 13.1. The molecule has 0 aromatic heterocycles. The highest BCUT2D eigenvalue weighted by Crippen LogP contribution is 2.34. The average molecular weight is 246 g/mol. The number of methoxy groups -OCH3 is 2. The van der Waals surface area contributed by atoms with Crippen molar-refractivity contribution < 1.29 is 29.3 Å². The SMILES string of the molecule is COC(=O)C(O)(C(=O)OC)[C@H]1CCC[C@H](O)C1. The number of ether oxygens (including phenoxy) is 2. The molecule has 0 saturated heterocycles. The number of carbonyl (C=O) groups excluding carboxylic acids is 2. The number of aliphatic hydroxyl groups is 2. The van der Waals surface area contributed by atoms with Gasteiger partial charge in [-0.2, -0.15) is 0 Å². The molecule has 0 amide bonds. The molecule has 1 aliphatic carbocycles. The molecule has 1 aliphatic rings. The third-order valence-corrected chi connectivity index (χ3v) is 3.23. The van der Waals surface area contributed by atoms with E-state index in [9.17, 15) is 19.8 Å². The largest absolute Gasteiger partial charge is 0.466 e. The minimum absolute atomic E-state index is 0.181. The van der Waals surface area contributed by atoms with Crippen LogP contribution in [-0.4, -0.2) is 48.1 Å². The number of carbonyl (C=O) groups is 2. The van der Waals surface area contributed by atoms with Gasteiger partial charge in [0.05, 0.1) is 20.3 Å². The van der Waals surface area contributed by atoms with Crippen molar-refractivity contribution in [2.24, 2.45) is 5.92 Å². The van der Waals surface area contributed by atoms with Gasteiger partial charge in [0.15, 0.2) is 0 Å². The van der Waals surface area contributed by atoms with Gasteiger partial charge in [-0.1, -0.05) is 6.42 Å². The fourth-order valence-electron chi connectivity index (χ4n) is 2.27. The first-order valence-corrected chi connectivity index (χ1v) is 5.54. The Morgan fingerprint density at radius 2 is 1.71 bits per heavy atom. The normalized spacial score (nSPS) is 25.2. The molecule has 0 unspecified atom stereocenters. The van der Waals surface area contributed by atoms with Crippen LogP contribution < -0.4 is 0 Å². The summed E-state index contributed by atoms with van der Waals surface area (Å²) in [5, 5.41) is 19.8. The van der Waals surface area contributed by atoms with Crippen LogP contribution >= 0.6 is 0 Å². The second-order valence-electron chi connectivity index (χ2n) is 4.27. The minimum atomic E-state index is -2.31. The van der Waals surface area contributed by atoms with Crippen LogP contribution in [0.5, 0.6) is 0 Å². The van der Waals surface area contributed by atoms with Crippen molar-refractivity contribution >= 4 is 11.9 Å². The summed E-state index contributed by atoms with van der Waals surface area (Å²) < 4.78 is 8.91. The van der Waals surface area contributed by atoms with Crippen LogP contribution in [0.15, 0.2) is 0 Å². The molecule has 2 N–H and O–H groups in total.